The summed E-state index contributed by atoms with van der Waals surface area (Å²) in [7, 11) is 1.82. The maximum absolute atomic E-state index is 11.2. The summed E-state index contributed by atoms with van der Waals surface area (Å²) in [5.74, 6) is 1.89. The first-order valence-electron chi connectivity index (χ1n) is 10.3. The maximum Gasteiger partial charge on any atom is 0.225 e. The number of nitrogens with zero attached hydrogens (tertiary/aromatic N) is 5. The van der Waals surface area contributed by atoms with E-state index in [1.165, 1.54) is 12.1 Å². The molecule has 10 heteroatoms. The van der Waals surface area contributed by atoms with Crippen molar-refractivity contribution in [2.75, 3.05) is 11.9 Å². The zero-order valence-electron chi connectivity index (χ0n) is 17.7. The van der Waals surface area contributed by atoms with Gasteiger partial charge in [0.15, 0.2) is 11.3 Å². The van der Waals surface area contributed by atoms with Gasteiger partial charge in [0.25, 0.3) is 0 Å². The van der Waals surface area contributed by atoms with Crippen molar-refractivity contribution in [3.8, 4) is 17.1 Å². The third kappa shape index (κ3) is 4.44. The lowest BCUT2D eigenvalue weighted by molar-refractivity contribution is 0.298. The van der Waals surface area contributed by atoms with Crippen LogP contribution in [0.4, 0.5) is 11.6 Å². The molecule has 0 atom stereocenters. The summed E-state index contributed by atoms with van der Waals surface area (Å²) in [6.07, 6.45) is 5.18. The van der Waals surface area contributed by atoms with E-state index < -0.39 is 0 Å². The van der Waals surface area contributed by atoms with Crippen molar-refractivity contribution in [3.63, 3.8) is 0 Å². The Hall–Kier alpha value is -4.11. The molecular formula is C23H20ClN7O2. The van der Waals surface area contributed by atoms with Gasteiger partial charge in [-0.3, -0.25) is 9.89 Å². The number of benzene rings is 2. The third-order valence-electron chi connectivity index (χ3n) is 5.16. The SMILES string of the molecule is Cn1nc(-c2ccc(OCCn3ccc(=O)cc3)cc2)nc1Nc1ccc2[nH]ncc2c1Cl. The Morgan fingerprint density at radius 3 is 2.67 bits per heavy atom. The van der Waals surface area contributed by atoms with Gasteiger partial charge < -0.3 is 14.6 Å². The van der Waals surface area contributed by atoms with Crippen LogP contribution in [0, 0.1) is 0 Å². The Morgan fingerprint density at radius 2 is 1.88 bits per heavy atom. The van der Waals surface area contributed by atoms with Crippen LogP contribution in [0.15, 0.2) is 71.9 Å². The van der Waals surface area contributed by atoms with Crippen molar-refractivity contribution in [1.82, 2.24) is 29.5 Å². The molecule has 0 unspecified atom stereocenters. The van der Waals surface area contributed by atoms with Gasteiger partial charge in [-0.2, -0.15) is 10.1 Å². The highest BCUT2D eigenvalue weighted by Gasteiger charge is 2.13. The average Bonchev–Trinajstić information content (AvgIpc) is 3.45. The van der Waals surface area contributed by atoms with Crippen LogP contribution in [0.25, 0.3) is 22.3 Å². The molecule has 0 bridgehead atoms. The molecule has 0 spiro atoms. The van der Waals surface area contributed by atoms with Crippen LogP contribution >= 0.6 is 11.6 Å². The number of halogens is 1. The van der Waals surface area contributed by atoms with Crippen LogP contribution in [0.2, 0.25) is 5.02 Å². The van der Waals surface area contributed by atoms with Gasteiger partial charge in [0.2, 0.25) is 5.95 Å². The van der Waals surface area contributed by atoms with Crippen molar-refractivity contribution in [3.05, 3.63) is 82.4 Å². The fraction of sp³-hybridized carbons (Fsp3) is 0.130. The molecule has 0 radical (unpaired) electrons. The quantitative estimate of drug-likeness (QED) is 0.380. The topological polar surface area (TPSA) is 103 Å². The van der Waals surface area contributed by atoms with Gasteiger partial charge in [-0.25, -0.2) is 4.68 Å². The maximum atomic E-state index is 11.2. The summed E-state index contributed by atoms with van der Waals surface area (Å²) in [5, 5.41) is 16.1. The molecule has 0 saturated carbocycles. The average molecular weight is 462 g/mol. The van der Waals surface area contributed by atoms with Crippen LogP contribution < -0.4 is 15.5 Å². The van der Waals surface area contributed by atoms with Crippen LogP contribution in [0.3, 0.4) is 0 Å². The molecule has 0 aliphatic heterocycles. The molecule has 0 saturated heterocycles. The number of anilines is 2. The van der Waals surface area contributed by atoms with Gasteiger partial charge in [0.1, 0.15) is 12.4 Å². The molecule has 3 heterocycles. The molecule has 0 amide bonds. The number of fused-ring (bicyclic) bond motifs is 1. The molecule has 2 aromatic carbocycles. The largest absolute Gasteiger partial charge is 0.492 e. The van der Waals surface area contributed by atoms with E-state index in [2.05, 4.69) is 25.6 Å². The number of pyridine rings is 1. The number of aryl methyl sites for hydroxylation is 1. The fourth-order valence-corrected chi connectivity index (χ4v) is 3.64. The Balaban J connectivity index is 1.26. The normalized spacial score (nSPS) is 11.1. The predicted octanol–water partition coefficient (Wildman–Crippen LogP) is 4.00. The molecule has 0 aliphatic carbocycles. The Kier molecular flexibility index (Phi) is 5.54. The van der Waals surface area contributed by atoms with Crippen molar-refractivity contribution in [2.24, 2.45) is 7.05 Å². The lowest BCUT2D eigenvalue weighted by Crippen LogP contribution is -2.10. The number of aromatic amines is 1. The van der Waals surface area contributed by atoms with E-state index in [1.54, 1.807) is 23.3 Å². The molecule has 5 aromatic rings. The van der Waals surface area contributed by atoms with Gasteiger partial charge in [0.05, 0.1) is 29.0 Å². The third-order valence-corrected chi connectivity index (χ3v) is 5.57. The van der Waals surface area contributed by atoms with E-state index in [0.717, 1.165) is 27.9 Å². The monoisotopic (exact) mass is 461 g/mol. The van der Waals surface area contributed by atoms with Crippen molar-refractivity contribution in [2.45, 2.75) is 6.54 Å². The molecule has 2 N–H and O–H groups in total. The number of ether oxygens (including phenoxy) is 1. The number of nitrogens with one attached hydrogen (secondary N) is 2. The van der Waals surface area contributed by atoms with Crippen LogP contribution in [0.1, 0.15) is 0 Å². The van der Waals surface area contributed by atoms with E-state index in [4.69, 9.17) is 16.3 Å². The Bertz CT molecular complexity index is 1450. The number of H-pyrrole nitrogens is 1. The number of hydrogen-bond donors (Lipinski definition) is 2. The Morgan fingerprint density at radius 1 is 1.09 bits per heavy atom. The van der Waals surface area contributed by atoms with E-state index in [9.17, 15) is 4.79 Å². The predicted molar refractivity (Wildman–Crippen MR) is 127 cm³/mol. The molecule has 9 nitrogen and oxygen atoms in total. The molecule has 5 rings (SSSR count). The lowest BCUT2D eigenvalue weighted by Gasteiger charge is -2.08. The van der Waals surface area contributed by atoms with E-state index in [-0.39, 0.29) is 5.43 Å². The van der Waals surface area contributed by atoms with Gasteiger partial charge in [-0.05, 0) is 36.4 Å². The molecule has 3 aromatic heterocycles. The van der Waals surface area contributed by atoms with Crippen molar-refractivity contribution < 1.29 is 4.74 Å². The summed E-state index contributed by atoms with van der Waals surface area (Å²) >= 11 is 6.50. The second-order valence-corrected chi connectivity index (χ2v) is 7.79. The smallest absolute Gasteiger partial charge is 0.225 e. The highest BCUT2D eigenvalue weighted by molar-refractivity contribution is 6.38. The van der Waals surface area contributed by atoms with E-state index >= 15 is 0 Å². The molecule has 33 heavy (non-hydrogen) atoms. The molecular weight excluding hydrogens is 442 g/mol. The minimum atomic E-state index is -0.00799. The minimum absolute atomic E-state index is 0.00799. The zero-order valence-corrected chi connectivity index (χ0v) is 18.5. The second kappa shape index (κ2) is 8.79. The van der Waals surface area contributed by atoms with Crippen molar-refractivity contribution >= 4 is 34.1 Å². The number of hydrogen-bond acceptors (Lipinski definition) is 6. The lowest BCUT2D eigenvalue weighted by atomic mass is 10.2. The first-order valence-corrected chi connectivity index (χ1v) is 10.6. The van der Waals surface area contributed by atoms with Gasteiger partial charge in [-0.1, -0.05) is 11.6 Å². The van der Waals surface area contributed by atoms with Crippen LogP contribution in [0.5, 0.6) is 5.75 Å². The second-order valence-electron chi connectivity index (χ2n) is 7.41. The van der Waals surface area contributed by atoms with E-state index in [1.807, 2.05) is 48.0 Å². The summed E-state index contributed by atoms with van der Waals surface area (Å²) in [6.45, 7) is 1.13. The standard InChI is InChI=1S/C23H20ClN7O2/c1-30-23(26-20-7-6-19-18(21(20)24)14-25-28-19)27-22(29-30)15-2-4-17(5-3-15)33-13-12-31-10-8-16(32)9-11-31/h2-11,14H,12-13H2,1H3,(H,25,28)(H,26,27,29). The highest BCUT2D eigenvalue weighted by Crippen LogP contribution is 2.32. The summed E-state index contributed by atoms with van der Waals surface area (Å²) in [5.41, 5.74) is 2.44. The zero-order chi connectivity index (χ0) is 22.8. The molecule has 166 valence electrons. The van der Waals surface area contributed by atoms with Crippen LogP contribution in [-0.4, -0.2) is 36.1 Å². The summed E-state index contributed by atoms with van der Waals surface area (Å²) in [4.78, 5) is 15.8. The first-order chi connectivity index (χ1) is 16.1. The van der Waals surface area contributed by atoms with E-state index in [0.29, 0.717) is 29.9 Å². The molecule has 0 aliphatic rings. The molecule has 0 fully saturated rings. The van der Waals surface area contributed by atoms with Gasteiger partial charge >= 0.3 is 0 Å². The summed E-state index contributed by atoms with van der Waals surface area (Å²) < 4.78 is 9.37. The summed E-state index contributed by atoms with van der Waals surface area (Å²) in [6, 6.07) is 14.4. The van der Waals surface area contributed by atoms with Gasteiger partial charge in [-0.15, -0.1) is 5.10 Å². The van der Waals surface area contributed by atoms with Crippen molar-refractivity contribution in [1.29, 1.82) is 0 Å². The first kappa shape index (κ1) is 20.8. The fourth-order valence-electron chi connectivity index (χ4n) is 3.38. The highest BCUT2D eigenvalue weighted by atomic mass is 35.5. The van der Waals surface area contributed by atoms with Gasteiger partial charge in [0, 0.05) is 42.5 Å². The minimum Gasteiger partial charge on any atom is -0.492 e. The number of aromatic nitrogens is 6. The number of rotatable bonds is 7. The Labute approximate surface area is 193 Å². The van der Waals surface area contributed by atoms with Crippen LogP contribution in [-0.2, 0) is 13.6 Å².